The molecule has 0 aromatic heterocycles. The van der Waals surface area contributed by atoms with Gasteiger partial charge in [-0.15, -0.1) is 0 Å². The third-order valence-corrected chi connectivity index (χ3v) is 5.04. The van der Waals surface area contributed by atoms with Crippen LogP contribution in [-0.4, -0.2) is 23.0 Å². The van der Waals surface area contributed by atoms with Gasteiger partial charge in [-0.2, -0.15) is 0 Å². The van der Waals surface area contributed by atoms with Gasteiger partial charge < -0.3 is 10.4 Å². The molecule has 0 bridgehead atoms. The maximum Gasteiger partial charge on any atom is 0.306 e. The molecule has 0 saturated heterocycles. The van der Waals surface area contributed by atoms with Crippen LogP contribution in [0, 0.1) is 11.8 Å². The molecule has 3 rings (SSSR count). The number of rotatable bonds is 5. The number of hydrogen-bond acceptors (Lipinski definition) is 2. The number of hydrogen-bond donors (Lipinski definition) is 2. The average Bonchev–Trinajstić information content (AvgIpc) is 3.27. The molecular formula is C18H23NO3. The minimum absolute atomic E-state index is 0.127. The molecule has 1 aromatic carbocycles. The third kappa shape index (κ3) is 3.67. The van der Waals surface area contributed by atoms with Gasteiger partial charge in [0.25, 0.3) is 0 Å². The van der Waals surface area contributed by atoms with Gasteiger partial charge in [-0.25, -0.2) is 0 Å². The number of aliphatic carboxylic acids is 1. The molecule has 2 saturated carbocycles. The standard InChI is InChI=1S/C18H23NO3/c20-17(19-15-8-6-13(7-9-15)18(21)22)11-14-10-16(14)12-4-2-1-3-5-12/h1-5,13-16H,6-11H2,(H,19,20)(H,21,22)/t13?,14-,15?,16-/m0/s1. The zero-order chi connectivity index (χ0) is 15.5. The fraction of sp³-hybridized carbons (Fsp3) is 0.556. The summed E-state index contributed by atoms with van der Waals surface area (Å²) in [7, 11) is 0. The Morgan fingerprint density at radius 1 is 1.09 bits per heavy atom. The quantitative estimate of drug-likeness (QED) is 0.878. The van der Waals surface area contributed by atoms with Gasteiger partial charge in [-0.1, -0.05) is 30.3 Å². The van der Waals surface area contributed by atoms with E-state index in [-0.39, 0.29) is 17.9 Å². The van der Waals surface area contributed by atoms with E-state index < -0.39 is 5.97 Å². The van der Waals surface area contributed by atoms with Crippen molar-refractivity contribution in [3.8, 4) is 0 Å². The Kier molecular flexibility index (Phi) is 4.46. The lowest BCUT2D eigenvalue weighted by atomic mass is 9.86. The zero-order valence-corrected chi connectivity index (χ0v) is 12.7. The lowest BCUT2D eigenvalue weighted by Gasteiger charge is -2.26. The fourth-order valence-electron chi connectivity index (χ4n) is 3.59. The van der Waals surface area contributed by atoms with Crippen LogP contribution >= 0.6 is 0 Å². The molecule has 2 aliphatic carbocycles. The highest BCUT2D eigenvalue weighted by Gasteiger charge is 2.39. The number of carboxylic acid groups (broad SMARTS) is 1. The summed E-state index contributed by atoms with van der Waals surface area (Å²) < 4.78 is 0. The van der Waals surface area contributed by atoms with Crippen molar-refractivity contribution in [2.45, 2.75) is 50.5 Å². The summed E-state index contributed by atoms with van der Waals surface area (Å²) in [6, 6.07) is 10.5. The molecule has 4 nitrogen and oxygen atoms in total. The summed E-state index contributed by atoms with van der Waals surface area (Å²) in [6.45, 7) is 0. The van der Waals surface area contributed by atoms with Crippen molar-refractivity contribution < 1.29 is 14.7 Å². The molecule has 22 heavy (non-hydrogen) atoms. The first-order valence-corrected chi connectivity index (χ1v) is 8.20. The maximum absolute atomic E-state index is 12.1. The first-order valence-electron chi connectivity index (χ1n) is 8.20. The minimum Gasteiger partial charge on any atom is -0.481 e. The highest BCUT2D eigenvalue weighted by Crippen LogP contribution is 2.49. The molecule has 0 unspecified atom stereocenters. The summed E-state index contributed by atoms with van der Waals surface area (Å²) in [5.41, 5.74) is 1.34. The Labute approximate surface area is 130 Å². The summed E-state index contributed by atoms with van der Waals surface area (Å²) in [5.74, 6) is 0.210. The Bertz CT molecular complexity index is 535. The summed E-state index contributed by atoms with van der Waals surface area (Å²) >= 11 is 0. The molecule has 0 aliphatic heterocycles. The Balaban J connectivity index is 1.40. The molecule has 2 aliphatic rings. The molecule has 4 heteroatoms. The normalized spacial score (nSPS) is 30.5. The van der Waals surface area contributed by atoms with Crippen molar-refractivity contribution in [2.24, 2.45) is 11.8 Å². The highest BCUT2D eigenvalue weighted by atomic mass is 16.4. The van der Waals surface area contributed by atoms with E-state index in [2.05, 4.69) is 17.4 Å². The van der Waals surface area contributed by atoms with Gasteiger partial charge in [0.1, 0.15) is 0 Å². The number of carbonyl (C=O) groups excluding carboxylic acids is 1. The van der Waals surface area contributed by atoms with Gasteiger partial charge in [0.15, 0.2) is 0 Å². The first-order chi connectivity index (χ1) is 10.6. The van der Waals surface area contributed by atoms with Crippen LogP contribution in [0.15, 0.2) is 30.3 Å². The van der Waals surface area contributed by atoms with E-state index in [0.717, 1.165) is 19.3 Å². The molecule has 0 heterocycles. The predicted octanol–water partition coefficient (Wildman–Crippen LogP) is 2.94. The van der Waals surface area contributed by atoms with Crippen LogP contribution in [-0.2, 0) is 9.59 Å². The number of nitrogens with one attached hydrogen (secondary N) is 1. The smallest absolute Gasteiger partial charge is 0.306 e. The van der Waals surface area contributed by atoms with Crippen LogP contribution in [0.5, 0.6) is 0 Å². The van der Waals surface area contributed by atoms with Crippen LogP contribution in [0.3, 0.4) is 0 Å². The average molecular weight is 301 g/mol. The van der Waals surface area contributed by atoms with Gasteiger partial charge >= 0.3 is 5.97 Å². The van der Waals surface area contributed by atoms with Crippen LogP contribution in [0.25, 0.3) is 0 Å². The zero-order valence-electron chi connectivity index (χ0n) is 12.7. The fourth-order valence-corrected chi connectivity index (χ4v) is 3.59. The van der Waals surface area contributed by atoms with Crippen molar-refractivity contribution >= 4 is 11.9 Å². The van der Waals surface area contributed by atoms with Crippen molar-refractivity contribution in [3.05, 3.63) is 35.9 Å². The number of amides is 1. The number of benzene rings is 1. The lowest BCUT2D eigenvalue weighted by Crippen LogP contribution is -2.38. The van der Waals surface area contributed by atoms with E-state index >= 15 is 0 Å². The van der Waals surface area contributed by atoms with Crippen LogP contribution in [0.1, 0.15) is 50.0 Å². The number of carbonyl (C=O) groups is 2. The molecule has 0 radical (unpaired) electrons. The van der Waals surface area contributed by atoms with Crippen LogP contribution in [0.2, 0.25) is 0 Å². The van der Waals surface area contributed by atoms with E-state index in [1.165, 1.54) is 5.56 Å². The summed E-state index contributed by atoms with van der Waals surface area (Å²) in [6.07, 6.45) is 4.62. The van der Waals surface area contributed by atoms with Crippen LogP contribution in [0.4, 0.5) is 0 Å². The van der Waals surface area contributed by atoms with E-state index in [4.69, 9.17) is 5.11 Å². The van der Waals surface area contributed by atoms with Gasteiger partial charge in [0, 0.05) is 12.5 Å². The predicted molar refractivity (Wildman–Crippen MR) is 83.4 cm³/mol. The van der Waals surface area contributed by atoms with E-state index in [9.17, 15) is 9.59 Å². The summed E-state index contributed by atoms with van der Waals surface area (Å²) in [5, 5.41) is 12.1. The molecule has 2 N–H and O–H groups in total. The van der Waals surface area contributed by atoms with E-state index in [0.29, 0.717) is 31.1 Å². The maximum atomic E-state index is 12.1. The second-order valence-electron chi connectivity index (χ2n) is 6.67. The molecule has 1 aromatic rings. The largest absolute Gasteiger partial charge is 0.481 e. The molecule has 2 atom stereocenters. The van der Waals surface area contributed by atoms with Gasteiger partial charge in [-0.05, 0) is 49.5 Å². The van der Waals surface area contributed by atoms with Gasteiger partial charge in [0.2, 0.25) is 5.91 Å². The number of carboxylic acids is 1. The SMILES string of the molecule is O=C(C[C@@H]1C[C@H]1c1ccccc1)NC1CCC(C(=O)O)CC1. The van der Waals surface area contributed by atoms with E-state index in [1.807, 2.05) is 18.2 Å². The minimum atomic E-state index is -0.701. The topological polar surface area (TPSA) is 66.4 Å². The Morgan fingerprint density at radius 2 is 1.77 bits per heavy atom. The highest BCUT2D eigenvalue weighted by molar-refractivity contribution is 5.77. The Hall–Kier alpha value is -1.84. The second kappa shape index (κ2) is 6.51. The Morgan fingerprint density at radius 3 is 2.41 bits per heavy atom. The van der Waals surface area contributed by atoms with Crippen molar-refractivity contribution in [1.29, 1.82) is 0 Å². The van der Waals surface area contributed by atoms with Crippen molar-refractivity contribution in [1.82, 2.24) is 5.32 Å². The van der Waals surface area contributed by atoms with Gasteiger partial charge in [-0.3, -0.25) is 9.59 Å². The lowest BCUT2D eigenvalue weighted by molar-refractivity contribution is -0.142. The molecule has 0 spiro atoms. The third-order valence-electron chi connectivity index (χ3n) is 5.04. The molecule has 118 valence electrons. The second-order valence-corrected chi connectivity index (χ2v) is 6.67. The van der Waals surface area contributed by atoms with E-state index in [1.54, 1.807) is 0 Å². The van der Waals surface area contributed by atoms with Crippen molar-refractivity contribution in [2.75, 3.05) is 0 Å². The monoisotopic (exact) mass is 301 g/mol. The van der Waals surface area contributed by atoms with Crippen molar-refractivity contribution in [3.63, 3.8) is 0 Å². The molecule has 1 amide bonds. The molecule has 2 fully saturated rings. The van der Waals surface area contributed by atoms with Gasteiger partial charge in [0.05, 0.1) is 5.92 Å². The summed E-state index contributed by atoms with van der Waals surface area (Å²) in [4.78, 5) is 23.0. The van der Waals surface area contributed by atoms with Crippen LogP contribution < -0.4 is 5.32 Å². The molecular weight excluding hydrogens is 278 g/mol. The first kappa shape index (κ1) is 15.1.